The quantitative estimate of drug-likeness (QED) is 0.200. The Morgan fingerprint density at radius 1 is 1.20 bits per heavy atom. The van der Waals surface area contributed by atoms with Crippen LogP contribution in [0.5, 0.6) is 5.88 Å². The number of phosphoric acid groups is 3. The highest BCUT2D eigenvalue weighted by Crippen LogP contribution is 2.66. The molecule has 0 amide bonds. The molecule has 0 spiro atoms. The van der Waals surface area contributed by atoms with Gasteiger partial charge in [-0.2, -0.15) is 23.9 Å². The van der Waals surface area contributed by atoms with Gasteiger partial charge in [-0.3, -0.25) is 9.09 Å². The molecular weight excluding hydrogens is 541 g/mol. The molecule has 1 aliphatic rings. The largest absolute Gasteiger partial charge is 0.490 e. The molecule has 0 saturated carbocycles. The summed E-state index contributed by atoms with van der Waals surface area (Å²) in [5.41, 5.74) is 5.96. The van der Waals surface area contributed by atoms with E-state index in [1.54, 1.807) is 6.92 Å². The molecule has 2 aromatic rings. The van der Waals surface area contributed by atoms with E-state index in [0.717, 1.165) is 0 Å². The van der Waals surface area contributed by atoms with E-state index in [9.17, 15) is 33.9 Å². The summed E-state index contributed by atoms with van der Waals surface area (Å²) in [6.07, 6.45) is -3.11. The van der Waals surface area contributed by atoms with Crippen molar-refractivity contribution in [2.24, 2.45) is 5.92 Å². The van der Waals surface area contributed by atoms with E-state index in [2.05, 4.69) is 28.1 Å². The Labute approximate surface area is 195 Å². The van der Waals surface area contributed by atoms with Gasteiger partial charge in [0.2, 0.25) is 11.8 Å². The van der Waals surface area contributed by atoms with Crippen LogP contribution in [-0.2, 0) is 31.6 Å². The van der Waals surface area contributed by atoms with Crippen LogP contribution in [0.1, 0.15) is 13.2 Å². The first-order valence-corrected chi connectivity index (χ1v) is 13.8. The average molecular weight is 560 g/mol. The number of ether oxygens (including phenoxy) is 2. The smallest absolute Gasteiger partial charge is 0.476 e. The average Bonchev–Trinajstić information content (AvgIpc) is 3.24. The molecule has 3 heterocycles. The summed E-state index contributed by atoms with van der Waals surface area (Å²) in [4.78, 5) is 48.0. The molecule has 6 atom stereocenters. The van der Waals surface area contributed by atoms with Crippen molar-refractivity contribution in [3.8, 4) is 11.9 Å². The van der Waals surface area contributed by atoms with E-state index in [0.29, 0.717) is 0 Å². The summed E-state index contributed by atoms with van der Waals surface area (Å²) >= 11 is 0. The SMILES string of the molecule is CCOc1nc(N)nc2c1ncn2[C@@H]1O[C@H](COP(=O)(O)OP(=O)(O)OP(=O)(O)O)[C@@H](O)[C@H]1C#N. The van der Waals surface area contributed by atoms with Crippen LogP contribution >= 0.6 is 23.5 Å². The van der Waals surface area contributed by atoms with E-state index in [4.69, 9.17) is 25.0 Å². The van der Waals surface area contributed by atoms with Gasteiger partial charge in [-0.15, -0.1) is 0 Å². The van der Waals surface area contributed by atoms with Gasteiger partial charge in [-0.05, 0) is 6.92 Å². The lowest BCUT2D eigenvalue weighted by molar-refractivity contribution is -0.0432. The monoisotopic (exact) mass is 560 g/mol. The van der Waals surface area contributed by atoms with Crippen molar-refractivity contribution in [1.82, 2.24) is 19.5 Å². The number of nitriles is 1. The van der Waals surface area contributed by atoms with Crippen molar-refractivity contribution in [2.75, 3.05) is 18.9 Å². The van der Waals surface area contributed by atoms with Crippen molar-refractivity contribution in [3.63, 3.8) is 0 Å². The van der Waals surface area contributed by atoms with Crippen LogP contribution < -0.4 is 10.5 Å². The molecule has 0 bridgehead atoms. The molecule has 0 radical (unpaired) electrons. The van der Waals surface area contributed by atoms with E-state index in [1.165, 1.54) is 10.9 Å². The fraction of sp³-hybridized carbons (Fsp3) is 0.538. The second kappa shape index (κ2) is 10.1. The van der Waals surface area contributed by atoms with E-state index < -0.39 is 54.4 Å². The van der Waals surface area contributed by atoms with Gasteiger partial charge in [0.05, 0.1) is 25.6 Å². The summed E-state index contributed by atoms with van der Waals surface area (Å²) in [5, 5.41) is 20.0. The molecule has 0 aliphatic carbocycles. The number of aromatic nitrogens is 4. The van der Waals surface area contributed by atoms with Crippen LogP contribution in [0.3, 0.4) is 0 Å². The maximum absolute atomic E-state index is 11.9. The molecule has 0 aromatic carbocycles. The number of phosphoric ester groups is 1. The molecule has 194 valence electrons. The Morgan fingerprint density at radius 3 is 2.49 bits per heavy atom. The first-order valence-electron chi connectivity index (χ1n) is 9.30. The third-order valence-corrected chi connectivity index (χ3v) is 8.10. The van der Waals surface area contributed by atoms with Gasteiger partial charge in [0.25, 0.3) is 0 Å². The fourth-order valence-electron chi connectivity index (χ4n) is 3.06. The predicted octanol–water partition coefficient (Wildman–Crippen LogP) is -0.451. The minimum Gasteiger partial charge on any atom is -0.476 e. The zero-order valence-electron chi connectivity index (χ0n) is 17.5. The third-order valence-electron chi connectivity index (χ3n) is 4.30. The van der Waals surface area contributed by atoms with Crippen LogP contribution in [0.25, 0.3) is 11.2 Å². The Kier molecular flexibility index (Phi) is 7.99. The first kappa shape index (κ1) is 27.6. The van der Waals surface area contributed by atoms with Crippen LogP contribution in [0.15, 0.2) is 6.33 Å². The normalized spacial score (nSPS) is 26.2. The second-order valence-electron chi connectivity index (χ2n) is 6.74. The zero-order chi connectivity index (χ0) is 26.2. The Bertz CT molecular complexity index is 1280. The zero-order valence-corrected chi connectivity index (χ0v) is 20.1. The number of fused-ring (bicyclic) bond motifs is 1. The van der Waals surface area contributed by atoms with Gasteiger partial charge in [0.1, 0.15) is 18.1 Å². The van der Waals surface area contributed by atoms with Crippen molar-refractivity contribution in [1.29, 1.82) is 5.26 Å². The topological polar surface area (TPSA) is 292 Å². The Balaban J connectivity index is 1.79. The first-order chi connectivity index (χ1) is 16.2. The second-order valence-corrected chi connectivity index (χ2v) is 11.2. The third kappa shape index (κ3) is 6.60. The predicted molar refractivity (Wildman–Crippen MR) is 110 cm³/mol. The Hall–Kier alpha value is -2.03. The van der Waals surface area contributed by atoms with Gasteiger partial charge in [0.15, 0.2) is 17.4 Å². The molecule has 35 heavy (non-hydrogen) atoms. The molecule has 1 fully saturated rings. The van der Waals surface area contributed by atoms with Crippen LogP contribution in [0.4, 0.5) is 5.95 Å². The van der Waals surface area contributed by atoms with Crippen molar-refractivity contribution < 1.29 is 61.0 Å². The molecule has 22 heteroatoms. The lowest BCUT2D eigenvalue weighted by atomic mass is 10.0. The molecule has 1 saturated heterocycles. The molecule has 3 rings (SSSR count). The van der Waals surface area contributed by atoms with Crippen molar-refractivity contribution >= 4 is 40.6 Å². The maximum Gasteiger partial charge on any atom is 0.490 e. The molecule has 1 aliphatic heterocycles. The minimum atomic E-state index is -5.73. The van der Waals surface area contributed by atoms with Gasteiger partial charge in [0, 0.05) is 0 Å². The number of rotatable bonds is 10. The van der Waals surface area contributed by atoms with Crippen LogP contribution in [-0.4, -0.2) is 69.6 Å². The molecule has 2 unspecified atom stereocenters. The van der Waals surface area contributed by atoms with Gasteiger partial charge < -0.3 is 39.9 Å². The molecule has 19 nitrogen and oxygen atoms in total. The molecule has 7 N–H and O–H groups in total. The number of aliphatic hydroxyl groups is 1. The van der Waals surface area contributed by atoms with Crippen LogP contribution in [0.2, 0.25) is 0 Å². The summed E-state index contributed by atoms with van der Waals surface area (Å²) in [6.45, 7) is 0.972. The number of anilines is 1. The highest BCUT2D eigenvalue weighted by atomic mass is 31.3. The number of hydrogen-bond donors (Lipinski definition) is 6. The number of nitrogen functional groups attached to an aromatic ring is 1. The lowest BCUT2D eigenvalue weighted by Crippen LogP contribution is -2.29. The highest BCUT2D eigenvalue weighted by Gasteiger charge is 2.48. The fourth-order valence-corrected chi connectivity index (χ4v) is 6.09. The van der Waals surface area contributed by atoms with E-state index in [1.807, 2.05) is 6.07 Å². The number of imidazole rings is 1. The summed E-state index contributed by atoms with van der Waals surface area (Å²) in [7, 11) is -16.8. The van der Waals surface area contributed by atoms with Crippen molar-refractivity contribution in [3.05, 3.63) is 6.33 Å². The number of nitrogens with zero attached hydrogens (tertiary/aromatic N) is 5. The number of nitrogens with two attached hydrogens (primary N) is 1. The van der Waals surface area contributed by atoms with E-state index >= 15 is 0 Å². The lowest BCUT2D eigenvalue weighted by Gasteiger charge is -2.19. The number of aliphatic hydroxyl groups excluding tert-OH is 1. The van der Waals surface area contributed by atoms with Gasteiger partial charge in [-0.25, -0.2) is 18.7 Å². The summed E-state index contributed by atoms with van der Waals surface area (Å²) < 4.78 is 57.9. The Morgan fingerprint density at radius 2 is 1.89 bits per heavy atom. The highest BCUT2D eigenvalue weighted by molar-refractivity contribution is 7.66. The molecular formula is C13H19N6O13P3. The van der Waals surface area contributed by atoms with Gasteiger partial charge >= 0.3 is 23.5 Å². The van der Waals surface area contributed by atoms with Gasteiger partial charge in [-0.1, -0.05) is 0 Å². The summed E-state index contributed by atoms with van der Waals surface area (Å²) in [5.74, 6) is -1.40. The van der Waals surface area contributed by atoms with Crippen LogP contribution in [0, 0.1) is 17.2 Å². The van der Waals surface area contributed by atoms with Crippen molar-refractivity contribution in [2.45, 2.75) is 25.4 Å². The van der Waals surface area contributed by atoms with E-state index in [-0.39, 0.29) is 29.6 Å². The number of hydrogen-bond acceptors (Lipinski definition) is 14. The standard InChI is InChI=1S/C13H19N6O13P3/c1-2-28-11-8-10(17-13(15)18-11)19(5-16-8)12-6(3-14)9(20)7(30-12)4-29-34(24,25)32-35(26,27)31-33(21,22)23/h5-7,9,12,20H,2,4H2,1H3,(H,24,25)(H,26,27)(H2,15,17,18)(H2,21,22,23)/t6-,7-,9+,12-/m1/s1. The minimum absolute atomic E-state index is 0.0602. The molecule has 2 aromatic heterocycles. The summed E-state index contributed by atoms with van der Waals surface area (Å²) in [6, 6.07) is 1.82. The maximum atomic E-state index is 11.9.